The molecule has 1 aliphatic heterocycles. The van der Waals surface area contributed by atoms with Crippen molar-refractivity contribution in [3.8, 4) is 0 Å². The van der Waals surface area contributed by atoms with Crippen molar-refractivity contribution in [1.29, 1.82) is 0 Å². The highest BCUT2D eigenvalue weighted by atomic mass is 16.5. The van der Waals surface area contributed by atoms with Gasteiger partial charge in [-0.1, -0.05) is 18.2 Å². The van der Waals surface area contributed by atoms with Crippen LogP contribution in [0.1, 0.15) is 10.5 Å². The molecule has 0 saturated carbocycles. The number of carbonyl (C=O) groups excluding carboxylic acids is 1. The Bertz CT molecular complexity index is 596. The van der Waals surface area contributed by atoms with Gasteiger partial charge < -0.3 is 14.7 Å². The fraction of sp³-hybridized carbons (Fsp3) is 0.385. The summed E-state index contributed by atoms with van der Waals surface area (Å²) in [6, 6.07) is 7.21. The first kappa shape index (κ1) is 12.1. The molecule has 2 heterocycles. The van der Waals surface area contributed by atoms with E-state index in [0.29, 0.717) is 25.5 Å². The molecule has 1 fully saturated rings. The largest absolute Gasteiger partial charge is 0.394 e. The highest BCUT2D eigenvalue weighted by Gasteiger charge is 2.29. The average Bonchev–Trinajstić information content (AvgIpc) is 2.90. The van der Waals surface area contributed by atoms with Gasteiger partial charge in [0.2, 0.25) is 0 Å². The molecule has 3 rings (SSSR count). The second kappa shape index (κ2) is 4.99. The van der Waals surface area contributed by atoms with Crippen LogP contribution in [0.3, 0.4) is 0 Å². The van der Waals surface area contributed by atoms with Gasteiger partial charge in [0.15, 0.2) is 5.69 Å². The normalized spacial score (nSPS) is 19.8. The number of benzene rings is 1. The minimum Gasteiger partial charge on any atom is -0.394 e. The quantitative estimate of drug-likeness (QED) is 0.820. The number of para-hydroxylation sites is 1. The number of hydrogen-bond donors (Lipinski definition) is 2. The maximum Gasteiger partial charge on any atom is 0.275 e. The van der Waals surface area contributed by atoms with Gasteiger partial charge >= 0.3 is 0 Å². The number of fused-ring (bicyclic) bond motifs is 1. The first-order valence-electron chi connectivity index (χ1n) is 6.24. The molecule has 1 saturated heterocycles. The molecule has 1 amide bonds. The molecule has 2 N–H and O–H groups in total. The number of carbonyl (C=O) groups is 1. The smallest absolute Gasteiger partial charge is 0.275 e. The van der Waals surface area contributed by atoms with Crippen LogP contribution in [0, 0.1) is 0 Å². The van der Waals surface area contributed by atoms with Gasteiger partial charge in [0.25, 0.3) is 5.91 Å². The van der Waals surface area contributed by atoms with E-state index in [1.165, 1.54) is 0 Å². The second-order valence-corrected chi connectivity index (χ2v) is 4.53. The molecule has 0 spiro atoms. The summed E-state index contributed by atoms with van der Waals surface area (Å²) in [5.74, 6) is -0.167. The van der Waals surface area contributed by atoms with Crippen LogP contribution in [0.25, 0.3) is 10.9 Å². The lowest BCUT2D eigenvalue weighted by Gasteiger charge is -2.34. The Balaban J connectivity index is 1.94. The van der Waals surface area contributed by atoms with Crippen LogP contribution in [0.2, 0.25) is 0 Å². The van der Waals surface area contributed by atoms with Crippen LogP contribution in [0.4, 0.5) is 0 Å². The van der Waals surface area contributed by atoms with Gasteiger partial charge in [0, 0.05) is 11.9 Å². The van der Waals surface area contributed by atoms with E-state index in [1.807, 2.05) is 24.3 Å². The maximum atomic E-state index is 12.5. The van der Waals surface area contributed by atoms with E-state index in [-0.39, 0.29) is 18.6 Å². The number of aliphatic hydroxyl groups excluding tert-OH is 1. The van der Waals surface area contributed by atoms with Crippen molar-refractivity contribution >= 4 is 16.8 Å². The SMILES string of the molecule is O=C(c1n[nH]c2ccccc12)N1CCOCC1CO. The van der Waals surface area contributed by atoms with Crippen molar-refractivity contribution in [3.05, 3.63) is 30.0 Å². The number of H-pyrrole nitrogens is 1. The molecule has 0 radical (unpaired) electrons. The summed E-state index contributed by atoms with van der Waals surface area (Å²) in [4.78, 5) is 14.2. The first-order chi connectivity index (χ1) is 9.31. The molecule has 1 atom stereocenters. The third-order valence-electron chi connectivity index (χ3n) is 3.37. The Labute approximate surface area is 110 Å². The zero-order valence-corrected chi connectivity index (χ0v) is 10.4. The van der Waals surface area contributed by atoms with Gasteiger partial charge in [-0.25, -0.2) is 0 Å². The third kappa shape index (κ3) is 2.09. The molecule has 1 unspecified atom stereocenters. The molecule has 6 nitrogen and oxygen atoms in total. The standard InChI is InChI=1S/C13H15N3O3/c17-7-9-8-19-6-5-16(9)13(18)12-10-3-1-2-4-11(10)14-15-12/h1-4,9,17H,5-8H2,(H,14,15). The number of rotatable bonds is 2. The van der Waals surface area contributed by atoms with Crippen molar-refractivity contribution in [3.63, 3.8) is 0 Å². The predicted molar refractivity (Wildman–Crippen MR) is 68.8 cm³/mol. The number of aromatic amines is 1. The average molecular weight is 261 g/mol. The van der Waals surface area contributed by atoms with E-state index in [0.717, 1.165) is 10.9 Å². The molecule has 1 aromatic heterocycles. The van der Waals surface area contributed by atoms with Gasteiger partial charge in [-0.2, -0.15) is 5.10 Å². The van der Waals surface area contributed by atoms with E-state index >= 15 is 0 Å². The minimum atomic E-state index is -0.295. The first-order valence-corrected chi connectivity index (χ1v) is 6.24. The Kier molecular flexibility index (Phi) is 3.18. The lowest BCUT2D eigenvalue weighted by Crippen LogP contribution is -2.50. The highest BCUT2D eigenvalue weighted by molar-refractivity contribution is 6.04. The van der Waals surface area contributed by atoms with Crippen molar-refractivity contribution < 1.29 is 14.6 Å². The summed E-state index contributed by atoms with van der Waals surface area (Å²) in [6.45, 7) is 1.23. The van der Waals surface area contributed by atoms with Gasteiger partial charge in [-0.3, -0.25) is 9.89 Å². The predicted octanol–water partition coefficient (Wildman–Crippen LogP) is 0.396. The monoisotopic (exact) mass is 261 g/mol. The van der Waals surface area contributed by atoms with E-state index in [9.17, 15) is 9.90 Å². The van der Waals surface area contributed by atoms with E-state index in [2.05, 4.69) is 10.2 Å². The number of nitrogens with one attached hydrogen (secondary N) is 1. The van der Waals surface area contributed by atoms with Crippen LogP contribution in [0.5, 0.6) is 0 Å². The molecular weight excluding hydrogens is 246 g/mol. The summed E-state index contributed by atoms with van der Waals surface area (Å²) in [6.07, 6.45) is 0. The molecule has 1 aliphatic rings. The molecule has 19 heavy (non-hydrogen) atoms. The number of ether oxygens (including phenoxy) is 1. The van der Waals surface area contributed by atoms with Gasteiger partial charge in [0.1, 0.15) is 0 Å². The molecule has 0 aliphatic carbocycles. The lowest BCUT2D eigenvalue weighted by atomic mass is 10.1. The van der Waals surface area contributed by atoms with Crippen molar-refractivity contribution in [2.24, 2.45) is 0 Å². The number of hydrogen-bond acceptors (Lipinski definition) is 4. The molecule has 2 aromatic rings. The summed E-state index contributed by atoms with van der Waals surface area (Å²) < 4.78 is 5.28. The number of aromatic nitrogens is 2. The topological polar surface area (TPSA) is 78.5 Å². The number of morpholine rings is 1. The summed E-state index contributed by atoms with van der Waals surface area (Å²) >= 11 is 0. The molecule has 100 valence electrons. The van der Waals surface area contributed by atoms with E-state index in [1.54, 1.807) is 4.90 Å². The molecule has 6 heteroatoms. The third-order valence-corrected chi connectivity index (χ3v) is 3.37. The minimum absolute atomic E-state index is 0.103. The van der Waals surface area contributed by atoms with E-state index < -0.39 is 0 Å². The highest BCUT2D eigenvalue weighted by Crippen LogP contribution is 2.19. The molecule has 0 bridgehead atoms. The van der Waals surface area contributed by atoms with Crippen LogP contribution >= 0.6 is 0 Å². The number of nitrogens with zero attached hydrogens (tertiary/aromatic N) is 2. The van der Waals surface area contributed by atoms with Crippen LogP contribution < -0.4 is 0 Å². The van der Waals surface area contributed by atoms with Gasteiger partial charge in [-0.15, -0.1) is 0 Å². The second-order valence-electron chi connectivity index (χ2n) is 4.53. The number of amides is 1. The van der Waals surface area contributed by atoms with Crippen LogP contribution in [0.15, 0.2) is 24.3 Å². The molecular formula is C13H15N3O3. The Morgan fingerprint density at radius 3 is 3.21 bits per heavy atom. The zero-order chi connectivity index (χ0) is 13.2. The zero-order valence-electron chi connectivity index (χ0n) is 10.4. The number of aliphatic hydroxyl groups is 1. The van der Waals surface area contributed by atoms with E-state index in [4.69, 9.17) is 4.74 Å². The molecule has 1 aromatic carbocycles. The summed E-state index contributed by atoms with van der Waals surface area (Å²) in [5.41, 5.74) is 1.23. The summed E-state index contributed by atoms with van der Waals surface area (Å²) in [5, 5.41) is 17.1. The van der Waals surface area contributed by atoms with Gasteiger partial charge in [-0.05, 0) is 6.07 Å². The van der Waals surface area contributed by atoms with Crippen molar-refractivity contribution in [1.82, 2.24) is 15.1 Å². The van der Waals surface area contributed by atoms with Crippen molar-refractivity contribution in [2.45, 2.75) is 6.04 Å². The Morgan fingerprint density at radius 1 is 1.53 bits per heavy atom. The van der Waals surface area contributed by atoms with Crippen LogP contribution in [-0.2, 0) is 4.74 Å². The maximum absolute atomic E-state index is 12.5. The summed E-state index contributed by atoms with van der Waals surface area (Å²) in [7, 11) is 0. The lowest BCUT2D eigenvalue weighted by molar-refractivity contribution is -0.0185. The van der Waals surface area contributed by atoms with Crippen LogP contribution in [-0.4, -0.2) is 58.5 Å². The fourth-order valence-electron chi connectivity index (χ4n) is 2.34. The Hall–Kier alpha value is -1.92. The fourth-order valence-corrected chi connectivity index (χ4v) is 2.34. The van der Waals surface area contributed by atoms with Gasteiger partial charge in [0.05, 0.1) is 31.4 Å². The Morgan fingerprint density at radius 2 is 2.37 bits per heavy atom. The van der Waals surface area contributed by atoms with Crippen molar-refractivity contribution in [2.75, 3.05) is 26.4 Å².